The maximum Gasteiger partial charge on any atom is 0.267 e. The molecule has 0 bridgehead atoms. The van der Waals surface area contributed by atoms with Crippen molar-refractivity contribution in [1.82, 2.24) is 9.21 Å². The van der Waals surface area contributed by atoms with Gasteiger partial charge in [0.2, 0.25) is 10.0 Å². The van der Waals surface area contributed by atoms with E-state index in [4.69, 9.17) is 9.47 Å². The molecule has 0 N–H and O–H groups in total. The molecule has 2 aromatic rings. The first-order chi connectivity index (χ1) is 17.8. The number of hydrogen-bond donors (Lipinski definition) is 0. The van der Waals surface area contributed by atoms with E-state index >= 15 is 0 Å². The molecule has 0 aromatic heterocycles. The van der Waals surface area contributed by atoms with Gasteiger partial charge >= 0.3 is 0 Å². The molecule has 0 saturated carbocycles. The summed E-state index contributed by atoms with van der Waals surface area (Å²) in [5.74, 6) is 0.967. The fourth-order valence-corrected chi connectivity index (χ4v) is 6.27. The Morgan fingerprint density at radius 2 is 1.70 bits per heavy atom. The van der Waals surface area contributed by atoms with Gasteiger partial charge in [-0.2, -0.15) is 9.57 Å². The molecule has 37 heavy (non-hydrogen) atoms. The highest BCUT2D eigenvalue weighted by Gasteiger charge is 2.34. The van der Waals surface area contributed by atoms with Gasteiger partial charge in [-0.05, 0) is 43.3 Å². The van der Waals surface area contributed by atoms with Crippen LogP contribution in [0.2, 0.25) is 0 Å². The van der Waals surface area contributed by atoms with Crippen molar-refractivity contribution in [2.24, 2.45) is 0 Å². The van der Waals surface area contributed by atoms with Crippen molar-refractivity contribution < 1.29 is 22.7 Å². The van der Waals surface area contributed by atoms with Gasteiger partial charge in [-0.15, -0.1) is 0 Å². The van der Waals surface area contributed by atoms with Gasteiger partial charge in [0.15, 0.2) is 0 Å². The molecule has 2 aliphatic rings. The molecule has 4 rings (SSSR count). The second kappa shape index (κ2) is 11.3. The number of nitrogens with zero attached hydrogens (tertiary/aromatic N) is 4. The number of rotatable bonds is 7. The largest absolute Gasteiger partial charge is 0.497 e. The molecule has 0 aliphatic carbocycles. The van der Waals surface area contributed by atoms with Crippen LogP contribution in [0.4, 0.5) is 5.69 Å². The summed E-state index contributed by atoms with van der Waals surface area (Å²) in [6.45, 7) is 2.46. The minimum Gasteiger partial charge on any atom is -0.497 e. The number of thioether (sulfide) groups is 1. The summed E-state index contributed by atoms with van der Waals surface area (Å²) in [4.78, 5) is 17.0. The summed E-state index contributed by atoms with van der Waals surface area (Å²) in [6.07, 6.45) is 0. The highest BCUT2D eigenvalue weighted by Crippen LogP contribution is 2.45. The van der Waals surface area contributed by atoms with E-state index in [0.717, 1.165) is 16.9 Å². The molecule has 11 heteroatoms. The Labute approximate surface area is 221 Å². The monoisotopic (exact) mass is 540 g/mol. The van der Waals surface area contributed by atoms with E-state index < -0.39 is 15.9 Å². The molecule has 2 heterocycles. The summed E-state index contributed by atoms with van der Waals surface area (Å²) in [5, 5.41) is 12.5. The first-order valence-corrected chi connectivity index (χ1v) is 14.2. The van der Waals surface area contributed by atoms with E-state index in [-0.39, 0.29) is 37.5 Å². The lowest BCUT2D eigenvalue weighted by atomic mass is 10.1. The zero-order valence-electron chi connectivity index (χ0n) is 20.9. The summed E-state index contributed by atoms with van der Waals surface area (Å²) in [6, 6.07) is 17.1. The van der Waals surface area contributed by atoms with E-state index in [1.54, 1.807) is 26.0 Å². The van der Waals surface area contributed by atoms with Gasteiger partial charge in [0.1, 0.15) is 28.2 Å². The Kier molecular flexibility index (Phi) is 8.12. The molecule has 194 valence electrons. The number of hydrogen-bond acceptors (Lipinski definition) is 8. The van der Waals surface area contributed by atoms with E-state index in [1.165, 1.54) is 16.1 Å². The summed E-state index contributed by atoms with van der Waals surface area (Å²) < 4.78 is 36.5. The third kappa shape index (κ3) is 5.46. The molecule has 0 radical (unpaired) electrons. The SMILES string of the molecule is CCS(=O)(=O)N1CCN(C(=O)/C(C#N)=C2\SC=C(c3cccc(OC)c3)N2c2ccc(OC)cc2)CC1. The standard InChI is InChI=1S/C26H28N4O5S2/c1-4-37(32,33)29-14-12-28(13-15-29)25(31)23(17-27)26-30(20-8-10-21(34-2)11-9-20)24(18-36-26)19-6-5-7-22(16-19)35-3/h5-11,16,18H,4,12-15H2,1-3H3/b26-23-. The summed E-state index contributed by atoms with van der Waals surface area (Å²) in [7, 11) is -0.141. The Morgan fingerprint density at radius 3 is 2.30 bits per heavy atom. The van der Waals surface area contributed by atoms with Gasteiger partial charge in [-0.25, -0.2) is 8.42 Å². The van der Waals surface area contributed by atoms with Crippen LogP contribution >= 0.6 is 11.8 Å². The van der Waals surface area contributed by atoms with Crippen molar-refractivity contribution in [3.63, 3.8) is 0 Å². The van der Waals surface area contributed by atoms with Gasteiger partial charge in [-0.1, -0.05) is 23.9 Å². The molecule has 2 aliphatic heterocycles. The molecule has 2 aromatic carbocycles. The van der Waals surface area contributed by atoms with Crippen LogP contribution in [0.15, 0.2) is 64.5 Å². The maximum atomic E-state index is 13.5. The van der Waals surface area contributed by atoms with Crippen LogP contribution in [0.1, 0.15) is 12.5 Å². The number of ether oxygens (including phenoxy) is 2. The third-order valence-corrected chi connectivity index (χ3v) is 9.08. The highest BCUT2D eigenvalue weighted by molar-refractivity contribution is 8.06. The minimum atomic E-state index is -3.33. The third-order valence-electron chi connectivity index (χ3n) is 6.25. The van der Waals surface area contributed by atoms with Crippen LogP contribution in [-0.2, 0) is 14.8 Å². The van der Waals surface area contributed by atoms with Crippen LogP contribution in [0.5, 0.6) is 11.5 Å². The van der Waals surface area contributed by atoms with Crippen LogP contribution in [0.3, 0.4) is 0 Å². The van der Waals surface area contributed by atoms with Crippen molar-refractivity contribution in [1.29, 1.82) is 5.26 Å². The van der Waals surface area contributed by atoms with Gasteiger partial charge in [-0.3, -0.25) is 4.79 Å². The number of amides is 1. The number of nitriles is 1. The smallest absolute Gasteiger partial charge is 0.267 e. The zero-order chi connectivity index (χ0) is 26.6. The summed E-state index contributed by atoms with van der Waals surface area (Å²) >= 11 is 1.30. The Morgan fingerprint density at radius 1 is 1.03 bits per heavy atom. The minimum absolute atomic E-state index is 0.00163. The number of anilines is 1. The Balaban J connectivity index is 1.70. The van der Waals surface area contributed by atoms with Crippen LogP contribution in [-0.4, -0.2) is 69.7 Å². The zero-order valence-corrected chi connectivity index (χ0v) is 22.5. The van der Waals surface area contributed by atoms with Crippen LogP contribution in [0, 0.1) is 11.3 Å². The summed E-state index contributed by atoms with van der Waals surface area (Å²) in [5.41, 5.74) is 2.42. The predicted molar refractivity (Wildman–Crippen MR) is 144 cm³/mol. The fourth-order valence-electron chi connectivity index (χ4n) is 4.16. The number of carbonyl (C=O) groups is 1. The second-order valence-corrected chi connectivity index (χ2v) is 11.4. The van der Waals surface area contributed by atoms with E-state index in [9.17, 15) is 18.5 Å². The van der Waals surface area contributed by atoms with E-state index in [0.29, 0.717) is 16.5 Å². The van der Waals surface area contributed by atoms with Crippen molar-refractivity contribution in [2.75, 3.05) is 51.1 Å². The average molecular weight is 541 g/mol. The lowest BCUT2D eigenvalue weighted by Crippen LogP contribution is -2.51. The quantitative estimate of drug-likeness (QED) is 0.389. The Hall–Kier alpha value is -3.46. The molecule has 1 amide bonds. The van der Waals surface area contributed by atoms with E-state index in [2.05, 4.69) is 6.07 Å². The van der Waals surface area contributed by atoms with Crippen molar-refractivity contribution in [3.8, 4) is 17.6 Å². The molecule has 1 saturated heterocycles. The number of methoxy groups -OCH3 is 2. The second-order valence-electron chi connectivity index (χ2n) is 8.27. The molecule has 0 spiro atoms. The molecule has 0 atom stereocenters. The number of carbonyl (C=O) groups excluding carboxylic acids is 1. The van der Waals surface area contributed by atoms with Crippen LogP contribution in [0.25, 0.3) is 5.70 Å². The molecule has 0 unspecified atom stereocenters. The Bertz CT molecular complexity index is 1370. The lowest BCUT2D eigenvalue weighted by Gasteiger charge is -2.34. The van der Waals surface area contributed by atoms with Crippen LogP contribution < -0.4 is 14.4 Å². The fraction of sp³-hybridized carbons (Fsp3) is 0.308. The molecular formula is C26H28N4O5S2. The van der Waals surface area contributed by atoms with Gasteiger partial charge in [0, 0.05) is 42.8 Å². The van der Waals surface area contributed by atoms with Crippen molar-refractivity contribution in [3.05, 3.63) is 70.1 Å². The van der Waals surface area contributed by atoms with Crippen molar-refractivity contribution >= 4 is 39.1 Å². The number of benzene rings is 2. The van der Waals surface area contributed by atoms with E-state index in [1.807, 2.05) is 58.8 Å². The van der Waals surface area contributed by atoms with Gasteiger partial charge in [0.05, 0.1) is 25.7 Å². The average Bonchev–Trinajstić information content (AvgIpc) is 3.38. The number of sulfonamides is 1. The maximum absolute atomic E-state index is 13.5. The first kappa shape index (κ1) is 26.6. The molecule has 1 fully saturated rings. The van der Waals surface area contributed by atoms with Gasteiger partial charge in [0.25, 0.3) is 5.91 Å². The van der Waals surface area contributed by atoms with Crippen molar-refractivity contribution in [2.45, 2.75) is 6.92 Å². The number of piperazine rings is 1. The normalized spacial score (nSPS) is 17.7. The first-order valence-electron chi connectivity index (χ1n) is 11.7. The highest BCUT2D eigenvalue weighted by atomic mass is 32.2. The lowest BCUT2D eigenvalue weighted by molar-refractivity contribution is -0.127. The van der Waals surface area contributed by atoms with Gasteiger partial charge < -0.3 is 19.3 Å². The topological polar surface area (TPSA) is 103 Å². The molecular weight excluding hydrogens is 512 g/mol. The molecule has 9 nitrogen and oxygen atoms in total. The predicted octanol–water partition coefficient (Wildman–Crippen LogP) is 3.48.